The van der Waals surface area contributed by atoms with Crippen LogP contribution in [0.5, 0.6) is 17.4 Å². The molecule has 0 radical (unpaired) electrons. The van der Waals surface area contributed by atoms with E-state index < -0.39 is 23.4 Å². The fourth-order valence-electron chi connectivity index (χ4n) is 2.62. The third-order valence-electron chi connectivity index (χ3n) is 3.97. The summed E-state index contributed by atoms with van der Waals surface area (Å²) in [5, 5.41) is 26.1. The van der Waals surface area contributed by atoms with E-state index in [9.17, 15) is 23.5 Å². The summed E-state index contributed by atoms with van der Waals surface area (Å²) in [5.74, 6) is 0.289. The lowest BCUT2D eigenvalue weighted by atomic mass is 10.2. The molecule has 0 fully saturated rings. The van der Waals surface area contributed by atoms with Crippen LogP contribution in [-0.4, -0.2) is 24.7 Å². The molecule has 8 nitrogen and oxygen atoms in total. The van der Waals surface area contributed by atoms with Gasteiger partial charge in [0.15, 0.2) is 17.2 Å². The lowest BCUT2D eigenvalue weighted by Gasteiger charge is -2.07. The zero-order valence-corrected chi connectivity index (χ0v) is 14.9. The predicted octanol–water partition coefficient (Wildman–Crippen LogP) is 4.26. The van der Waals surface area contributed by atoms with E-state index in [0.29, 0.717) is 23.3 Å². The minimum Gasteiger partial charge on any atom is -0.493 e. The molecule has 0 unspecified atom stereocenters. The molecule has 2 N–H and O–H groups in total. The van der Waals surface area contributed by atoms with E-state index in [2.05, 4.69) is 20.4 Å². The Hall–Kier alpha value is -4.33. The van der Waals surface area contributed by atoms with Crippen molar-refractivity contribution in [3.63, 3.8) is 0 Å². The Labute approximate surface area is 166 Å². The maximum absolute atomic E-state index is 13.0. The lowest BCUT2D eigenvalue weighted by molar-refractivity contribution is -0.141. The normalized spacial score (nSPS) is 11.3. The van der Waals surface area contributed by atoms with Crippen LogP contribution in [-0.2, 0) is 6.18 Å². The van der Waals surface area contributed by atoms with E-state index in [1.54, 1.807) is 54.9 Å². The van der Waals surface area contributed by atoms with Gasteiger partial charge in [-0.3, -0.25) is 4.98 Å². The first-order valence-electron chi connectivity index (χ1n) is 8.40. The molecule has 0 spiro atoms. The molecule has 0 saturated carbocycles. The Bertz CT molecular complexity index is 1250. The van der Waals surface area contributed by atoms with Gasteiger partial charge in [-0.15, -0.1) is 5.10 Å². The predicted molar refractivity (Wildman–Crippen MR) is 98.4 cm³/mol. The molecule has 0 amide bonds. The third kappa shape index (κ3) is 3.66. The SMILES string of the molecule is N#Cc1c(Nc2ccc(Oc3ccncc3)cc2)nn2c(O)cc(C(F)(F)F)nc12. The first-order valence-corrected chi connectivity index (χ1v) is 8.40. The van der Waals surface area contributed by atoms with Crippen LogP contribution in [0, 0.1) is 11.3 Å². The van der Waals surface area contributed by atoms with Crippen LogP contribution in [0.3, 0.4) is 0 Å². The van der Waals surface area contributed by atoms with E-state index in [1.165, 1.54) is 0 Å². The van der Waals surface area contributed by atoms with Gasteiger partial charge in [-0.25, -0.2) is 4.98 Å². The van der Waals surface area contributed by atoms with Crippen molar-refractivity contribution < 1.29 is 23.0 Å². The third-order valence-corrected chi connectivity index (χ3v) is 3.97. The number of nitrogens with one attached hydrogen (secondary N) is 1. The van der Waals surface area contributed by atoms with Crippen molar-refractivity contribution in [2.75, 3.05) is 5.32 Å². The number of alkyl halides is 3. The fourth-order valence-corrected chi connectivity index (χ4v) is 2.62. The lowest BCUT2D eigenvalue weighted by Crippen LogP contribution is -2.09. The Morgan fingerprint density at radius 3 is 2.37 bits per heavy atom. The standard InChI is InChI=1S/C19H11F3N6O2/c20-19(21,22)15-9-16(29)28-18(26-15)14(10-23)17(27-28)25-11-1-3-12(4-2-11)30-13-5-7-24-8-6-13/h1-9,29H,(H,25,27). The van der Waals surface area contributed by atoms with Crippen LogP contribution in [0.15, 0.2) is 54.9 Å². The van der Waals surface area contributed by atoms with E-state index in [-0.39, 0.29) is 11.4 Å². The number of anilines is 2. The highest BCUT2D eigenvalue weighted by atomic mass is 19.4. The summed E-state index contributed by atoms with van der Waals surface area (Å²) in [5.41, 5.74) is -1.49. The van der Waals surface area contributed by atoms with Gasteiger partial charge in [0.2, 0.25) is 5.88 Å². The maximum atomic E-state index is 13.0. The number of aromatic hydroxyl groups is 1. The second-order valence-corrected chi connectivity index (χ2v) is 6.00. The topological polar surface area (TPSA) is 108 Å². The van der Waals surface area contributed by atoms with Gasteiger partial charge in [0, 0.05) is 24.1 Å². The molecule has 3 aromatic heterocycles. The van der Waals surface area contributed by atoms with E-state index >= 15 is 0 Å². The highest BCUT2D eigenvalue weighted by Gasteiger charge is 2.34. The van der Waals surface area contributed by atoms with Gasteiger partial charge in [0.05, 0.1) is 0 Å². The van der Waals surface area contributed by atoms with Gasteiger partial charge in [-0.2, -0.15) is 22.9 Å². The van der Waals surface area contributed by atoms with Gasteiger partial charge in [-0.1, -0.05) is 0 Å². The quantitative estimate of drug-likeness (QED) is 0.516. The zero-order valence-electron chi connectivity index (χ0n) is 14.9. The van der Waals surface area contributed by atoms with Crippen LogP contribution in [0.1, 0.15) is 11.3 Å². The molecule has 1 aromatic carbocycles. The Kier molecular flexibility index (Phi) is 4.59. The number of hydrogen-bond acceptors (Lipinski definition) is 7. The molecular formula is C19H11F3N6O2. The summed E-state index contributed by atoms with van der Waals surface area (Å²) in [6, 6.07) is 12.2. The first-order chi connectivity index (χ1) is 14.3. The molecular weight excluding hydrogens is 401 g/mol. The van der Waals surface area contributed by atoms with Gasteiger partial charge in [0.25, 0.3) is 0 Å². The number of benzene rings is 1. The second kappa shape index (κ2) is 7.25. The number of hydrogen-bond donors (Lipinski definition) is 2. The van der Waals surface area contributed by atoms with Gasteiger partial charge < -0.3 is 15.2 Å². The van der Waals surface area contributed by atoms with Crippen molar-refractivity contribution >= 4 is 17.2 Å². The van der Waals surface area contributed by atoms with Crippen molar-refractivity contribution in [2.24, 2.45) is 0 Å². The summed E-state index contributed by atoms with van der Waals surface area (Å²) >= 11 is 0. The maximum Gasteiger partial charge on any atom is 0.433 e. The number of aromatic nitrogens is 4. The number of pyridine rings is 1. The number of ether oxygens (including phenoxy) is 1. The summed E-state index contributed by atoms with van der Waals surface area (Å²) in [4.78, 5) is 7.33. The Balaban J connectivity index is 1.64. The fraction of sp³-hybridized carbons (Fsp3) is 0.0526. The highest BCUT2D eigenvalue weighted by Crippen LogP contribution is 2.33. The van der Waals surface area contributed by atoms with Crippen molar-refractivity contribution in [3.05, 3.63) is 66.1 Å². The first kappa shape index (κ1) is 19.0. The number of rotatable bonds is 4. The summed E-state index contributed by atoms with van der Waals surface area (Å²) in [6.45, 7) is 0. The largest absolute Gasteiger partial charge is 0.493 e. The van der Waals surface area contributed by atoms with E-state index in [1.807, 2.05) is 0 Å². The monoisotopic (exact) mass is 412 g/mol. The average Bonchev–Trinajstić information content (AvgIpc) is 3.07. The van der Waals surface area contributed by atoms with E-state index in [0.717, 1.165) is 4.52 Å². The molecule has 30 heavy (non-hydrogen) atoms. The summed E-state index contributed by atoms with van der Waals surface area (Å²) < 4.78 is 45.3. The molecule has 0 atom stereocenters. The van der Waals surface area contributed by atoms with Crippen LogP contribution in [0.2, 0.25) is 0 Å². The van der Waals surface area contributed by atoms with Crippen molar-refractivity contribution in [1.29, 1.82) is 5.26 Å². The van der Waals surface area contributed by atoms with Crippen molar-refractivity contribution in [1.82, 2.24) is 19.6 Å². The van der Waals surface area contributed by atoms with Gasteiger partial charge >= 0.3 is 6.18 Å². The molecule has 4 rings (SSSR count). The minimum atomic E-state index is -4.78. The van der Waals surface area contributed by atoms with Crippen molar-refractivity contribution in [2.45, 2.75) is 6.18 Å². The van der Waals surface area contributed by atoms with Crippen LogP contribution in [0.25, 0.3) is 5.65 Å². The molecule has 3 heterocycles. The minimum absolute atomic E-state index is 0.0533. The highest BCUT2D eigenvalue weighted by molar-refractivity contribution is 5.73. The molecule has 11 heteroatoms. The van der Waals surface area contributed by atoms with E-state index in [4.69, 9.17) is 4.74 Å². The van der Waals surface area contributed by atoms with Gasteiger partial charge in [0.1, 0.15) is 23.1 Å². The number of nitriles is 1. The summed E-state index contributed by atoms with van der Waals surface area (Å²) in [6.07, 6.45) is -1.61. The number of fused-ring (bicyclic) bond motifs is 1. The van der Waals surface area contributed by atoms with Crippen LogP contribution >= 0.6 is 0 Å². The molecule has 0 aliphatic heterocycles. The molecule has 0 aliphatic rings. The van der Waals surface area contributed by atoms with Crippen LogP contribution in [0.4, 0.5) is 24.7 Å². The molecule has 0 aliphatic carbocycles. The smallest absolute Gasteiger partial charge is 0.433 e. The molecule has 150 valence electrons. The van der Waals surface area contributed by atoms with Gasteiger partial charge in [-0.05, 0) is 36.4 Å². The molecule has 0 saturated heterocycles. The second-order valence-electron chi connectivity index (χ2n) is 6.00. The Morgan fingerprint density at radius 1 is 1.07 bits per heavy atom. The average molecular weight is 412 g/mol. The van der Waals surface area contributed by atoms with Crippen molar-refractivity contribution in [3.8, 4) is 23.4 Å². The number of halogens is 3. The molecule has 0 bridgehead atoms. The molecule has 4 aromatic rings. The number of nitrogens with zero attached hydrogens (tertiary/aromatic N) is 5. The van der Waals surface area contributed by atoms with Crippen LogP contribution < -0.4 is 10.1 Å². The Morgan fingerprint density at radius 2 is 1.73 bits per heavy atom. The zero-order chi connectivity index (χ0) is 21.3. The summed E-state index contributed by atoms with van der Waals surface area (Å²) in [7, 11) is 0.